The van der Waals surface area contributed by atoms with Crippen LogP contribution in [-0.2, 0) is 10.2 Å². The molecular weight excluding hydrogens is 428 g/mol. The fraction of sp³-hybridized carbons (Fsp3) is 0.407. The van der Waals surface area contributed by atoms with Gasteiger partial charge in [-0.3, -0.25) is 0 Å². The van der Waals surface area contributed by atoms with Gasteiger partial charge in [-0.2, -0.15) is 10.2 Å². The van der Waals surface area contributed by atoms with Crippen molar-refractivity contribution in [2.45, 2.75) is 63.0 Å². The van der Waals surface area contributed by atoms with Crippen LogP contribution in [-0.4, -0.2) is 39.3 Å². The molecule has 34 heavy (non-hydrogen) atoms. The van der Waals surface area contributed by atoms with Crippen LogP contribution in [0.15, 0.2) is 59.1 Å². The Morgan fingerprint density at radius 3 is 2.50 bits per heavy atom. The first-order chi connectivity index (χ1) is 16.3. The third kappa shape index (κ3) is 4.54. The van der Waals surface area contributed by atoms with Crippen molar-refractivity contribution in [1.82, 2.24) is 15.0 Å². The molecule has 0 spiro atoms. The van der Waals surface area contributed by atoms with Crippen LogP contribution >= 0.6 is 0 Å². The predicted molar refractivity (Wildman–Crippen MR) is 126 cm³/mol. The van der Waals surface area contributed by atoms with Crippen LogP contribution in [0, 0.1) is 11.3 Å². The number of rotatable bonds is 6. The first kappa shape index (κ1) is 22.1. The van der Waals surface area contributed by atoms with E-state index in [2.05, 4.69) is 28.3 Å². The van der Waals surface area contributed by atoms with Gasteiger partial charge in [0.15, 0.2) is 5.82 Å². The molecule has 174 valence electrons. The van der Waals surface area contributed by atoms with Crippen LogP contribution < -0.4 is 0 Å². The zero-order chi connectivity index (χ0) is 23.9. The maximum Gasteiger partial charge on any atom is 0.410 e. The lowest BCUT2D eigenvalue weighted by atomic mass is 10.1. The highest BCUT2D eigenvalue weighted by Crippen LogP contribution is 2.52. The Hall–Kier alpha value is -3.66. The van der Waals surface area contributed by atoms with Gasteiger partial charge >= 0.3 is 6.09 Å². The summed E-state index contributed by atoms with van der Waals surface area (Å²) >= 11 is 0. The number of carbonyl (C=O) groups excluding carboxylic acids is 1. The molecule has 2 aromatic carbocycles. The summed E-state index contributed by atoms with van der Waals surface area (Å²) in [5.74, 6) is 1.35. The highest BCUT2D eigenvalue weighted by atomic mass is 16.6. The fourth-order valence-corrected chi connectivity index (χ4v) is 4.40. The molecule has 5 rings (SSSR count). The number of nitriles is 1. The average molecular weight is 457 g/mol. The highest BCUT2D eigenvalue weighted by molar-refractivity contribution is 5.70. The van der Waals surface area contributed by atoms with Gasteiger partial charge in [-0.15, -0.1) is 0 Å². The van der Waals surface area contributed by atoms with Gasteiger partial charge < -0.3 is 14.2 Å². The molecule has 1 amide bonds. The van der Waals surface area contributed by atoms with Crippen molar-refractivity contribution in [3.8, 4) is 17.5 Å². The van der Waals surface area contributed by atoms with Crippen molar-refractivity contribution < 1.29 is 14.1 Å². The maximum atomic E-state index is 13.3. The number of hydrogen-bond donors (Lipinski definition) is 0. The number of carbonyl (C=O) groups is 1. The molecule has 2 atom stereocenters. The molecule has 7 nitrogen and oxygen atoms in total. The van der Waals surface area contributed by atoms with E-state index in [0.29, 0.717) is 29.7 Å². The smallest absolute Gasteiger partial charge is 0.410 e. The van der Waals surface area contributed by atoms with Crippen LogP contribution in [0.5, 0.6) is 0 Å². The summed E-state index contributed by atoms with van der Waals surface area (Å²) in [5.41, 5.74) is 1.69. The van der Waals surface area contributed by atoms with Gasteiger partial charge in [0.25, 0.3) is 5.89 Å². The second kappa shape index (κ2) is 8.28. The lowest BCUT2D eigenvalue weighted by molar-refractivity contribution is 0.0208. The standard InChI is InChI=1S/C27H28N4O3/c1-26(2,3)33-25(32)31(22-15-21(22)19-7-5-4-6-8-19)17-27(13-14-27)24-29-23(34-30-24)20-11-9-18(16-28)10-12-20/h4-12,21-22H,13-15,17H2,1-3H3/t21-,22+/m1/s1. The van der Waals surface area contributed by atoms with Crippen molar-refractivity contribution in [1.29, 1.82) is 5.26 Å². The molecule has 0 unspecified atom stereocenters. The molecule has 2 saturated carbocycles. The normalized spacial score (nSPS) is 20.3. The molecule has 0 radical (unpaired) electrons. The molecule has 0 N–H and O–H groups in total. The first-order valence-electron chi connectivity index (χ1n) is 11.7. The molecule has 2 aliphatic rings. The van der Waals surface area contributed by atoms with Crippen molar-refractivity contribution in [2.75, 3.05) is 6.54 Å². The first-order valence-corrected chi connectivity index (χ1v) is 11.7. The van der Waals surface area contributed by atoms with Crippen molar-refractivity contribution in [3.63, 3.8) is 0 Å². The molecular formula is C27H28N4O3. The van der Waals surface area contributed by atoms with Gasteiger partial charge in [0.05, 0.1) is 17.0 Å². The monoisotopic (exact) mass is 456 g/mol. The summed E-state index contributed by atoms with van der Waals surface area (Å²) in [6.45, 7) is 6.17. The van der Waals surface area contributed by atoms with Crippen molar-refractivity contribution in [2.24, 2.45) is 0 Å². The fourth-order valence-electron chi connectivity index (χ4n) is 4.40. The van der Waals surface area contributed by atoms with E-state index in [9.17, 15) is 4.79 Å². The molecule has 2 aliphatic carbocycles. The van der Waals surface area contributed by atoms with Crippen LogP contribution in [0.2, 0.25) is 0 Å². The van der Waals surface area contributed by atoms with E-state index in [1.54, 1.807) is 24.3 Å². The van der Waals surface area contributed by atoms with Gasteiger partial charge in [0.1, 0.15) is 5.60 Å². The zero-order valence-electron chi connectivity index (χ0n) is 19.7. The van der Waals surface area contributed by atoms with Crippen LogP contribution in [0.25, 0.3) is 11.5 Å². The second-order valence-electron chi connectivity index (χ2n) is 10.3. The van der Waals surface area contributed by atoms with Crippen molar-refractivity contribution >= 4 is 6.09 Å². The minimum atomic E-state index is -0.571. The van der Waals surface area contributed by atoms with Gasteiger partial charge in [-0.05, 0) is 69.9 Å². The van der Waals surface area contributed by atoms with E-state index >= 15 is 0 Å². The third-order valence-electron chi connectivity index (χ3n) is 6.50. The van der Waals surface area contributed by atoms with Crippen LogP contribution in [0.4, 0.5) is 4.79 Å². The molecule has 7 heteroatoms. The Morgan fingerprint density at radius 1 is 1.18 bits per heavy atom. The Bertz CT molecular complexity index is 1220. The minimum Gasteiger partial charge on any atom is -0.444 e. The van der Waals surface area contributed by atoms with Crippen molar-refractivity contribution in [3.05, 3.63) is 71.5 Å². The van der Waals surface area contributed by atoms with E-state index < -0.39 is 5.60 Å². The molecule has 0 bridgehead atoms. The predicted octanol–water partition coefficient (Wildman–Crippen LogP) is 5.43. The number of benzene rings is 2. The van der Waals surface area contributed by atoms with Gasteiger partial charge in [-0.25, -0.2) is 4.79 Å². The number of hydrogen-bond acceptors (Lipinski definition) is 6. The van der Waals surface area contributed by atoms with Gasteiger partial charge in [0, 0.05) is 24.1 Å². The molecule has 0 saturated heterocycles. The number of nitrogens with zero attached hydrogens (tertiary/aromatic N) is 4. The van der Waals surface area contributed by atoms with E-state index in [1.165, 1.54) is 5.56 Å². The third-order valence-corrected chi connectivity index (χ3v) is 6.50. The van der Waals surface area contributed by atoms with Crippen LogP contribution in [0.3, 0.4) is 0 Å². The molecule has 3 aromatic rings. The summed E-state index contributed by atoms with van der Waals surface area (Å²) < 4.78 is 11.3. The highest BCUT2D eigenvalue weighted by Gasteiger charge is 2.55. The summed E-state index contributed by atoms with van der Waals surface area (Å²) in [5, 5.41) is 13.3. The quantitative estimate of drug-likeness (QED) is 0.491. The van der Waals surface area contributed by atoms with E-state index in [1.807, 2.05) is 43.9 Å². The van der Waals surface area contributed by atoms with Gasteiger partial charge in [-0.1, -0.05) is 35.5 Å². The molecule has 1 aromatic heterocycles. The summed E-state index contributed by atoms with van der Waals surface area (Å²) in [7, 11) is 0. The SMILES string of the molecule is CC(C)(C)OC(=O)N(CC1(c2noc(-c3ccc(C#N)cc3)n2)CC1)[C@H]1C[C@@H]1c1ccccc1. The van der Waals surface area contributed by atoms with E-state index in [4.69, 9.17) is 14.5 Å². The van der Waals surface area contributed by atoms with Gasteiger partial charge in [0.2, 0.25) is 0 Å². The van der Waals surface area contributed by atoms with E-state index in [0.717, 1.165) is 24.8 Å². The van der Waals surface area contributed by atoms with E-state index in [-0.39, 0.29) is 17.6 Å². The second-order valence-corrected chi connectivity index (χ2v) is 10.3. The topological polar surface area (TPSA) is 92.2 Å². The van der Waals surface area contributed by atoms with Crippen LogP contribution in [0.1, 0.15) is 62.9 Å². The minimum absolute atomic E-state index is 0.0969. The Balaban J connectivity index is 1.37. The summed E-state index contributed by atoms with van der Waals surface area (Å²) in [6, 6.07) is 19.6. The largest absolute Gasteiger partial charge is 0.444 e. The average Bonchev–Trinajstić information content (AvgIpc) is 3.73. The Labute approximate surface area is 199 Å². The lowest BCUT2D eigenvalue weighted by Crippen LogP contribution is -2.43. The lowest BCUT2D eigenvalue weighted by Gasteiger charge is -2.30. The number of aromatic nitrogens is 2. The Morgan fingerprint density at radius 2 is 1.88 bits per heavy atom. The molecule has 0 aliphatic heterocycles. The number of ether oxygens (including phenoxy) is 1. The zero-order valence-corrected chi connectivity index (χ0v) is 19.7. The maximum absolute atomic E-state index is 13.3. The summed E-state index contributed by atoms with van der Waals surface area (Å²) in [4.78, 5) is 19.8. The molecule has 1 heterocycles. The Kier molecular flexibility index (Phi) is 5.40. The number of amides is 1. The summed E-state index contributed by atoms with van der Waals surface area (Å²) in [6.07, 6.45) is 2.41. The molecule has 2 fully saturated rings.